The van der Waals surface area contributed by atoms with Crippen molar-refractivity contribution in [3.05, 3.63) is 57.5 Å². The van der Waals surface area contributed by atoms with Crippen LogP contribution in [0.5, 0.6) is 11.5 Å². The number of hydrogen-bond donors (Lipinski definition) is 1. The summed E-state index contributed by atoms with van der Waals surface area (Å²) in [4.78, 5) is 12.3. The molecule has 2 aromatic rings. The average molecular weight is 397 g/mol. The van der Waals surface area contributed by atoms with Crippen molar-refractivity contribution in [2.45, 2.75) is 0 Å². The number of methoxy groups -OCH3 is 2. The molecule has 0 bridgehead atoms. The largest absolute Gasteiger partial charge is 0.495 e. The molecule has 0 saturated carbocycles. The molecule has 1 N–H and O–H groups in total. The first-order chi connectivity index (χ1) is 11.0. The zero-order valence-electron chi connectivity index (χ0n) is 12.6. The van der Waals surface area contributed by atoms with Gasteiger partial charge in [0.1, 0.15) is 11.5 Å². The second-order valence-corrected chi connectivity index (χ2v) is 5.81. The van der Waals surface area contributed by atoms with Crippen LogP contribution in [0, 0.1) is 0 Å². The molecule has 2 aromatic carbocycles. The van der Waals surface area contributed by atoms with E-state index in [0.717, 1.165) is 5.56 Å². The van der Waals surface area contributed by atoms with Crippen LogP contribution in [-0.2, 0) is 4.79 Å². The van der Waals surface area contributed by atoms with Crippen molar-refractivity contribution >= 4 is 45.2 Å². The Morgan fingerprint density at radius 2 is 1.78 bits per heavy atom. The topological polar surface area (TPSA) is 47.6 Å². The summed E-state index contributed by atoms with van der Waals surface area (Å²) in [6.45, 7) is 0. The third kappa shape index (κ3) is 4.50. The lowest BCUT2D eigenvalue weighted by molar-refractivity contribution is -0.112. The SMILES string of the molecule is COc1cc(NC(=O)/C(Br)=C/c2ccccc2)c(OC)cc1Cl. The highest BCUT2D eigenvalue weighted by Gasteiger charge is 2.14. The molecule has 4 nitrogen and oxygen atoms in total. The third-order valence-corrected chi connectivity index (χ3v) is 3.92. The summed E-state index contributed by atoms with van der Waals surface area (Å²) in [7, 11) is 3.01. The number of ether oxygens (including phenoxy) is 2. The molecule has 0 aliphatic heterocycles. The molecular weight excluding hydrogens is 382 g/mol. The van der Waals surface area contributed by atoms with E-state index in [-0.39, 0.29) is 5.91 Å². The van der Waals surface area contributed by atoms with E-state index in [0.29, 0.717) is 26.7 Å². The number of rotatable bonds is 5. The highest BCUT2D eigenvalue weighted by Crippen LogP contribution is 2.36. The summed E-state index contributed by atoms with van der Waals surface area (Å²) in [5.41, 5.74) is 1.38. The number of amides is 1. The maximum absolute atomic E-state index is 12.3. The lowest BCUT2D eigenvalue weighted by atomic mass is 10.2. The van der Waals surface area contributed by atoms with Crippen molar-refractivity contribution < 1.29 is 14.3 Å². The summed E-state index contributed by atoms with van der Waals surface area (Å²) < 4.78 is 10.8. The van der Waals surface area contributed by atoms with Gasteiger partial charge in [-0.1, -0.05) is 41.9 Å². The molecule has 6 heteroatoms. The highest BCUT2D eigenvalue weighted by atomic mass is 79.9. The monoisotopic (exact) mass is 395 g/mol. The van der Waals surface area contributed by atoms with Crippen molar-refractivity contribution in [2.24, 2.45) is 0 Å². The molecule has 0 aromatic heterocycles. The van der Waals surface area contributed by atoms with Gasteiger partial charge in [-0.2, -0.15) is 0 Å². The molecular formula is C17H15BrClNO3. The van der Waals surface area contributed by atoms with Crippen LogP contribution in [0.25, 0.3) is 6.08 Å². The summed E-state index contributed by atoms with van der Waals surface area (Å²) in [6, 6.07) is 12.7. The third-order valence-electron chi connectivity index (χ3n) is 3.03. The standard InChI is InChI=1S/C17H15BrClNO3/c1-22-15-10-14(16(23-2)9-13(15)19)20-17(21)12(18)8-11-6-4-3-5-7-11/h3-10H,1-2H3,(H,20,21)/b12-8-. The van der Waals surface area contributed by atoms with Gasteiger partial charge < -0.3 is 14.8 Å². The van der Waals surface area contributed by atoms with Gasteiger partial charge in [0.05, 0.1) is 29.4 Å². The van der Waals surface area contributed by atoms with Crippen LogP contribution in [0.2, 0.25) is 5.02 Å². The molecule has 0 atom stereocenters. The lowest BCUT2D eigenvalue weighted by Crippen LogP contribution is -2.12. The molecule has 23 heavy (non-hydrogen) atoms. The molecule has 0 unspecified atom stereocenters. The van der Waals surface area contributed by atoms with Gasteiger partial charge in [-0.25, -0.2) is 0 Å². The number of benzene rings is 2. The molecule has 0 aliphatic carbocycles. The smallest absolute Gasteiger partial charge is 0.262 e. The number of nitrogens with one attached hydrogen (secondary N) is 1. The fourth-order valence-electron chi connectivity index (χ4n) is 1.90. The number of halogens is 2. The Labute approximate surface area is 148 Å². The molecule has 0 spiro atoms. The van der Waals surface area contributed by atoms with Crippen LogP contribution in [0.4, 0.5) is 5.69 Å². The van der Waals surface area contributed by atoms with Gasteiger partial charge in [0.25, 0.3) is 5.91 Å². The second-order valence-electron chi connectivity index (χ2n) is 4.54. The van der Waals surface area contributed by atoms with Crippen LogP contribution in [-0.4, -0.2) is 20.1 Å². The minimum atomic E-state index is -0.309. The van der Waals surface area contributed by atoms with E-state index in [1.54, 1.807) is 18.2 Å². The fraction of sp³-hybridized carbons (Fsp3) is 0.118. The van der Waals surface area contributed by atoms with E-state index in [2.05, 4.69) is 21.2 Å². The van der Waals surface area contributed by atoms with Gasteiger partial charge in [0.2, 0.25) is 0 Å². The Morgan fingerprint density at radius 1 is 1.13 bits per heavy atom. The minimum Gasteiger partial charge on any atom is -0.495 e. The molecule has 120 valence electrons. The van der Waals surface area contributed by atoms with Gasteiger partial charge in [0.15, 0.2) is 0 Å². The number of anilines is 1. The van der Waals surface area contributed by atoms with Gasteiger partial charge in [-0.15, -0.1) is 0 Å². The number of hydrogen-bond acceptors (Lipinski definition) is 3. The fourth-order valence-corrected chi connectivity index (χ4v) is 2.50. The van der Waals surface area contributed by atoms with Crippen LogP contribution in [0.1, 0.15) is 5.56 Å². The van der Waals surface area contributed by atoms with Crippen molar-refractivity contribution in [3.8, 4) is 11.5 Å². The van der Waals surface area contributed by atoms with E-state index in [9.17, 15) is 4.79 Å². The normalized spacial score (nSPS) is 11.0. The van der Waals surface area contributed by atoms with E-state index in [4.69, 9.17) is 21.1 Å². The zero-order chi connectivity index (χ0) is 16.8. The van der Waals surface area contributed by atoms with Gasteiger partial charge >= 0.3 is 0 Å². The first kappa shape index (κ1) is 17.4. The zero-order valence-corrected chi connectivity index (χ0v) is 14.9. The molecule has 0 fully saturated rings. The summed E-state index contributed by atoms with van der Waals surface area (Å²) in [6.07, 6.45) is 1.73. The lowest BCUT2D eigenvalue weighted by Gasteiger charge is -2.13. The van der Waals surface area contributed by atoms with E-state index < -0.39 is 0 Å². The molecule has 2 rings (SSSR count). The van der Waals surface area contributed by atoms with Crippen molar-refractivity contribution in [1.82, 2.24) is 0 Å². The Bertz CT molecular complexity index is 732. The highest BCUT2D eigenvalue weighted by molar-refractivity contribution is 9.12. The average Bonchev–Trinajstić information content (AvgIpc) is 2.56. The summed E-state index contributed by atoms with van der Waals surface area (Å²) in [5.74, 6) is 0.589. The van der Waals surface area contributed by atoms with Crippen molar-refractivity contribution in [1.29, 1.82) is 0 Å². The molecule has 0 radical (unpaired) electrons. The number of carbonyl (C=O) groups excluding carboxylic acids is 1. The maximum Gasteiger partial charge on any atom is 0.262 e. The van der Waals surface area contributed by atoms with E-state index >= 15 is 0 Å². The van der Waals surface area contributed by atoms with Crippen molar-refractivity contribution in [2.75, 3.05) is 19.5 Å². The molecule has 0 heterocycles. The predicted octanol–water partition coefficient (Wildman–Crippen LogP) is 4.73. The second kappa shape index (κ2) is 8.04. The van der Waals surface area contributed by atoms with Gasteiger partial charge in [0, 0.05) is 12.1 Å². The minimum absolute atomic E-state index is 0.309. The van der Waals surface area contributed by atoms with Crippen LogP contribution in [0.15, 0.2) is 46.9 Å². The quantitative estimate of drug-likeness (QED) is 0.743. The van der Waals surface area contributed by atoms with Crippen LogP contribution < -0.4 is 14.8 Å². The number of carbonyl (C=O) groups is 1. The van der Waals surface area contributed by atoms with Gasteiger partial charge in [-0.05, 0) is 27.6 Å². The first-order valence-electron chi connectivity index (χ1n) is 6.70. The summed E-state index contributed by atoms with van der Waals surface area (Å²) >= 11 is 9.33. The van der Waals surface area contributed by atoms with Crippen LogP contribution >= 0.6 is 27.5 Å². The van der Waals surface area contributed by atoms with E-state index in [1.807, 2.05) is 30.3 Å². The van der Waals surface area contributed by atoms with E-state index in [1.165, 1.54) is 14.2 Å². The molecule has 0 saturated heterocycles. The Hall–Kier alpha value is -1.98. The van der Waals surface area contributed by atoms with Crippen LogP contribution in [0.3, 0.4) is 0 Å². The predicted molar refractivity (Wildman–Crippen MR) is 96.5 cm³/mol. The maximum atomic E-state index is 12.3. The summed E-state index contributed by atoms with van der Waals surface area (Å²) in [5, 5.41) is 3.17. The molecule has 1 amide bonds. The Kier molecular flexibility index (Phi) is 6.07. The van der Waals surface area contributed by atoms with Crippen molar-refractivity contribution in [3.63, 3.8) is 0 Å². The van der Waals surface area contributed by atoms with Gasteiger partial charge in [-0.3, -0.25) is 4.79 Å². The molecule has 0 aliphatic rings. The Morgan fingerprint density at radius 3 is 2.39 bits per heavy atom. The first-order valence-corrected chi connectivity index (χ1v) is 7.87. The Balaban J connectivity index is 2.24.